The summed E-state index contributed by atoms with van der Waals surface area (Å²) in [5.41, 5.74) is 2.65. The number of ether oxygens (including phenoxy) is 2. The number of para-hydroxylation sites is 1. The molecule has 186 valence electrons. The molecule has 3 aromatic carbocycles. The first-order valence-electron chi connectivity index (χ1n) is 12.0. The molecule has 1 saturated heterocycles. The van der Waals surface area contributed by atoms with Crippen LogP contribution in [0.4, 0.5) is 5.69 Å². The van der Waals surface area contributed by atoms with Gasteiger partial charge in [0.15, 0.2) is 0 Å². The average molecular weight is 486 g/mol. The van der Waals surface area contributed by atoms with Gasteiger partial charge in [0.05, 0.1) is 24.8 Å². The van der Waals surface area contributed by atoms with Crippen LogP contribution < -0.4 is 14.4 Å². The van der Waals surface area contributed by atoms with Gasteiger partial charge in [0.1, 0.15) is 17.3 Å². The van der Waals surface area contributed by atoms with E-state index in [1.807, 2.05) is 76.2 Å². The Morgan fingerprint density at radius 1 is 0.917 bits per heavy atom. The van der Waals surface area contributed by atoms with Gasteiger partial charge in [-0.05, 0) is 73.4 Å². The second kappa shape index (κ2) is 10.3. The van der Waals surface area contributed by atoms with E-state index in [0.29, 0.717) is 28.3 Å². The molecule has 1 aliphatic heterocycles. The number of nitrogens with zero attached hydrogens (tertiary/aromatic N) is 1. The molecule has 6 nitrogen and oxygen atoms in total. The van der Waals surface area contributed by atoms with Gasteiger partial charge in [-0.3, -0.25) is 14.5 Å². The van der Waals surface area contributed by atoms with Crippen molar-refractivity contribution in [3.63, 3.8) is 0 Å². The van der Waals surface area contributed by atoms with Gasteiger partial charge in [-0.1, -0.05) is 44.2 Å². The SMILES string of the molecule is COc1ccc(/C(O)=C2/C(=O)C(=O)N(c3ccccc3)C2c2ccc(OC(C)C)cc2)cc1C(C)C. The molecule has 1 aliphatic rings. The number of carbonyl (C=O) groups is 2. The van der Waals surface area contributed by atoms with Crippen LogP contribution in [0.15, 0.2) is 78.4 Å². The lowest BCUT2D eigenvalue weighted by molar-refractivity contribution is -0.132. The van der Waals surface area contributed by atoms with Gasteiger partial charge in [-0.2, -0.15) is 0 Å². The van der Waals surface area contributed by atoms with Crippen LogP contribution in [0.25, 0.3) is 5.76 Å². The molecule has 1 atom stereocenters. The second-order valence-electron chi connectivity index (χ2n) is 9.35. The third-order valence-corrected chi connectivity index (χ3v) is 6.17. The van der Waals surface area contributed by atoms with Gasteiger partial charge < -0.3 is 14.6 Å². The fourth-order valence-corrected chi connectivity index (χ4v) is 4.49. The number of aliphatic hydroxyl groups is 1. The van der Waals surface area contributed by atoms with Gasteiger partial charge in [0, 0.05) is 11.3 Å². The van der Waals surface area contributed by atoms with Gasteiger partial charge in [-0.25, -0.2) is 0 Å². The zero-order valence-corrected chi connectivity index (χ0v) is 21.2. The molecule has 0 aliphatic carbocycles. The maximum Gasteiger partial charge on any atom is 0.300 e. The summed E-state index contributed by atoms with van der Waals surface area (Å²) in [6, 6.07) is 20.8. The zero-order valence-electron chi connectivity index (χ0n) is 21.2. The van der Waals surface area contributed by atoms with Crippen molar-refractivity contribution in [2.24, 2.45) is 0 Å². The smallest absolute Gasteiger partial charge is 0.300 e. The largest absolute Gasteiger partial charge is 0.507 e. The Morgan fingerprint density at radius 3 is 2.17 bits per heavy atom. The normalized spacial score (nSPS) is 17.2. The fraction of sp³-hybridized carbons (Fsp3) is 0.267. The van der Waals surface area contributed by atoms with Gasteiger partial charge in [0.2, 0.25) is 0 Å². The van der Waals surface area contributed by atoms with Crippen molar-refractivity contribution in [3.05, 3.63) is 95.1 Å². The summed E-state index contributed by atoms with van der Waals surface area (Å²) in [5.74, 6) is -0.128. The molecule has 0 spiro atoms. The maximum atomic E-state index is 13.4. The van der Waals surface area contributed by atoms with E-state index in [0.717, 1.165) is 5.56 Å². The number of anilines is 1. The van der Waals surface area contributed by atoms with Gasteiger partial charge in [0.25, 0.3) is 11.7 Å². The third-order valence-electron chi connectivity index (χ3n) is 6.17. The van der Waals surface area contributed by atoms with Crippen LogP contribution >= 0.6 is 0 Å². The Bertz CT molecular complexity index is 1290. The van der Waals surface area contributed by atoms with Crippen LogP contribution in [0.3, 0.4) is 0 Å². The van der Waals surface area contributed by atoms with Crippen LogP contribution in [0.5, 0.6) is 11.5 Å². The highest BCUT2D eigenvalue weighted by Crippen LogP contribution is 2.43. The van der Waals surface area contributed by atoms with Crippen molar-refractivity contribution in [1.29, 1.82) is 0 Å². The quantitative estimate of drug-likeness (QED) is 0.244. The molecule has 1 fully saturated rings. The van der Waals surface area contributed by atoms with Crippen LogP contribution in [0.1, 0.15) is 56.3 Å². The first-order valence-corrected chi connectivity index (χ1v) is 12.0. The molecule has 0 saturated carbocycles. The van der Waals surface area contributed by atoms with Crippen molar-refractivity contribution in [3.8, 4) is 11.5 Å². The average Bonchev–Trinajstić information content (AvgIpc) is 3.14. The summed E-state index contributed by atoms with van der Waals surface area (Å²) >= 11 is 0. The minimum atomic E-state index is -0.801. The fourth-order valence-electron chi connectivity index (χ4n) is 4.49. The number of ketones is 1. The minimum Gasteiger partial charge on any atom is -0.507 e. The lowest BCUT2D eigenvalue weighted by Gasteiger charge is -2.25. The monoisotopic (exact) mass is 485 g/mol. The molecule has 6 heteroatoms. The number of methoxy groups -OCH3 is 1. The second-order valence-corrected chi connectivity index (χ2v) is 9.35. The first-order chi connectivity index (χ1) is 17.2. The maximum absolute atomic E-state index is 13.4. The molecule has 1 heterocycles. The van der Waals surface area contributed by atoms with Crippen molar-refractivity contribution in [2.45, 2.75) is 45.8 Å². The number of hydrogen-bond acceptors (Lipinski definition) is 5. The van der Waals surface area contributed by atoms with E-state index < -0.39 is 17.7 Å². The molecule has 1 N–H and O–H groups in total. The highest BCUT2D eigenvalue weighted by Gasteiger charge is 2.47. The van der Waals surface area contributed by atoms with Gasteiger partial charge in [-0.15, -0.1) is 0 Å². The van der Waals surface area contributed by atoms with Crippen molar-refractivity contribution < 1.29 is 24.2 Å². The van der Waals surface area contributed by atoms with Crippen LogP contribution in [-0.4, -0.2) is 30.0 Å². The number of rotatable bonds is 7. The number of amides is 1. The molecule has 0 bridgehead atoms. The molecular formula is C30H31NO5. The van der Waals surface area contributed by atoms with E-state index in [2.05, 4.69) is 0 Å². The highest BCUT2D eigenvalue weighted by molar-refractivity contribution is 6.51. The Hall–Kier alpha value is -4.06. The number of Topliss-reactive ketones (excluding diaryl/α,β-unsaturated/α-hetero) is 1. The number of hydrogen-bond donors (Lipinski definition) is 1. The topological polar surface area (TPSA) is 76.1 Å². The molecule has 1 amide bonds. The zero-order chi connectivity index (χ0) is 26.0. The Kier molecular flexibility index (Phi) is 7.15. The van der Waals surface area contributed by atoms with Crippen molar-refractivity contribution in [2.75, 3.05) is 12.0 Å². The van der Waals surface area contributed by atoms with E-state index in [4.69, 9.17) is 9.47 Å². The van der Waals surface area contributed by atoms with Gasteiger partial charge >= 0.3 is 0 Å². The van der Waals surface area contributed by atoms with E-state index in [9.17, 15) is 14.7 Å². The summed E-state index contributed by atoms with van der Waals surface area (Å²) in [4.78, 5) is 28.1. The van der Waals surface area contributed by atoms with Crippen LogP contribution in [0, 0.1) is 0 Å². The minimum absolute atomic E-state index is 0.0102. The van der Waals surface area contributed by atoms with E-state index in [1.165, 1.54) is 4.90 Å². The number of carbonyl (C=O) groups excluding carboxylic acids is 2. The molecule has 36 heavy (non-hydrogen) atoms. The molecular weight excluding hydrogens is 454 g/mol. The van der Waals surface area contributed by atoms with Crippen molar-refractivity contribution >= 4 is 23.1 Å². The number of benzene rings is 3. The summed E-state index contributed by atoms with van der Waals surface area (Å²) < 4.78 is 11.2. The molecule has 0 aromatic heterocycles. The Balaban J connectivity index is 1.90. The Labute approximate surface area is 211 Å². The van der Waals surface area contributed by atoms with Crippen molar-refractivity contribution in [1.82, 2.24) is 0 Å². The molecule has 4 rings (SSSR count). The summed E-state index contributed by atoms with van der Waals surface area (Å²) in [7, 11) is 1.60. The van der Waals surface area contributed by atoms with E-state index >= 15 is 0 Å². The third kappa shape index (κ3) is 4.71. The lowest BCUT2D eigenvalue weighted by Crippen LogP contribution is -2.29. The predicted octanol–water partition coefficient (Wildman–Crippen LogP) is 6.23. The molecule has 3 aromatic rings. The Morgan fingerprint density at radius 2 is 1.58 bits per heavy atom. The number of aliphatic hydroxyl groups excluding tert-OH is 1. The van der Waals surface area contributed by atoms with Crippen LogP contribution in [0.2, 0.25) is 0 Å². The first kappa shape index (κ1) is 25.0. The highest BCUT2D eigenvalue weighted by atomic mass is 16.5. The van der Waals surface area contributed by atoms with E-state index in [-0.39, 0.29) is 23.4 Å². The predicted molar refractivity (Wildman–Crippen MR) is 141 cm³/mol. The van der Waals surface area contributed by atoms with E-state index in [1.54, 1.807) is 31.4 Å². The standard InChI is InChI=1S/C30H31NO5/c1-18(2)24-17-21(13-16-25(24)35-5)28(32)26-27(20-11-14-23(15-12-20)36-19(3)4)31(30(34)29(26)33)22-9-7-6-8-10-22/h6-19,27,32H,1-5H3/b28-26-. The summed E-state index contributed by atoms with van der Waals surface area (Å²) in [6.07, 6.45) is 0.0102. The lowest BCUT2D eigenvalue weighted by atomic mass is 9.93. The summed E-state index contributed by atoms with van der Waals surface area (Å²) in [5, 5.41) is 11.5. The molecule has 1 unspecified atom stereocenters. The molecule has 0 radical (unpaired) electrons. The summed E-state index contributed by atoms with van der Waals surface area (Å²) in [6.45, 7) is 7.94. The van der Waals surface area contributed by atoms with Crippen LogP contribution in [-0.2, 0) is 9.59 Å².